The van der Waals surface area contributed by atoms with Gasteiger partial charge in [0, 0.05) is 17.8 Å². The van der Waals surface area contributed by atoms with Crippen LogP contribution in [0.15, 0.2) is 42.7 Å². The summed E-state index contributed by atoms with van der Waals surface area (Å²) in [6.45, 7) is 2.03. The van der Waals surface area contributed by atoms with Gasteiger partial charge in [-0.1, -0.05) is 17.9 Å². The van der Waals surface area contributed by atoms with Crippen LogP contribution in [0.2, 0.25) is 0 Å². The number of anilines is 2. The Balaban J connectivity index is 1.65. The van der Waals surface area contributed by atoms with Gasteiger partial charge in [-0.15, -0.1) is 10.2 Å². The highest BCUT2D eigenvalue weighted by molar-refractivity contribution is 5.94. The van der Waals surface area contributed by atoms with E-state index >= 15 is 0 Å². The molecule has 2 aromatic carbocycles. The van der Waals surface area contributed by atoms with Crippen molar-refractivity contribution in [2.24, 2.45) is 5.41 Å². The van der Waals surface area contributed by atoms with Crippen LogP contribution in [0.5, 0.6) is 0 Å². The van der Waals surface area contributed by atoms with Gasteiger partial charge in [0.25, 0.3) is 5.78 Å². The SMILES string of the molecule is CCN(c1cc(F)cc(C#CC2(C(F)(F)F)CC2)c1)c1nc2nncn2c2cccc(F)c12. The molecule has 0 atom stereocenters. The third-order valence-corrected chi connectivity index (χ3v) is 5.72. The molecule has 0 spiro atoms. The molecule has 2 heterocycles. The lowest BCUT2D eigenvalue weighted by atomic mass is 10.1. The molecule has 168 valence electrons. The molecule has 1 fully saturated rings. The van der Waals surface area contributed by atoms with Crippen molar-refractivity contribution >= 4 is 28.2 Å². The van der Waals surface area contributed by atoms with E-state index in [2.05, 4.69) is 27.0 Å². The molecule has 0 bridgehead atoms. The maximum absolute atomic E-state index is 14.9. The molecule has 1 aliphatic carbocycles. The van der Waals surface area contributed by atoms with Gasteiger partial charge in [-0.2, -0.15) is 18.2 Å². The molecule has 5 nitrogen and oxygen atoms in total. The number of hydrogen-bond donors (Lipinski definition) is 0. The van der Waals surface area contributed by atoms with Crippen LogP contribution in [0.4, 0.5) is 33.5 Å². The number of fused-ring (bicyclic) bond motifs is 3. The number of hydrogen-bond acceptors (Lipinski definition) is 4. The fraction of sp³-hybridized carbons (Fsp3) is 0.261. The van der Waals surface area contributed by atoms with Crippen LogP contribution in [0.25, 0.3) is 16.7 Å². The Hall–Kier alpha value is -3.74. The molecule has 1 saturated carbocycles. The third kappa shape index (κ3) is 3.53. The number of alkyl halides is 3. The van der Waals surface area contributed by atoms with Gasteiger partial charge in [0.15, 0.2) is 0 Å². The summed E-state index contributed by atoms with van der Waals surface area (Å²) in [6, 6.07) is 8.25. The first-order valence-electron chi connectivity index (χ1n) is 10.2. The molecule has 0 amide bonds. The summed E-state index contributed by atoms with van der Waals surface area (Å²) < 4.78 is 70.5. The summed E-state index contributed by atoms with van der Waals surface area (Å²) in [5, 5.41) is 7.94. The number of benzene rings is 2. The molecule has 0 radical (unpaired) electrons. The van der Waals surface area contributed by atoms with E-state index < -0.39 is 23.2 Å². The summed E-state index contributed by atoms with van der Waals surface area (Å²) >= 11 is 0. The minimum Gasteiger partial charge on any atom is -0.326 e. The number of aromatic nitrogens is 4. The topological polar surface area (TPSA) is 46.3 Å². The van der Waals surface area contributed by atoms with Crippen molar-refractivity contribution in [2.75, 3.05) is 11.4 Å². The standard InChI is InChI=1S/C23H16F5N5/c1-2-32(20-19-17(25)4-3-5-18(19)33-13-29-31-21(33)30-20)16-11-14(10-15(24)12-16)6-7-22(8-9-22)23(26,27)28/h3-5,10-13H,2,8-9H2,1H3. The molecule has 0 N–H and O–H groups in total. The normalized spacial score (nSPS) is 14.8. The molecule has 0 saturated heterocycles. The Morgan fingerprint density at radius 2 is 1.94 bits per heavy atom. The lowest BCUT2D eigenvalue weighted by Crippen LogP contribution is -2.22. The largest absolute Gasteiger partial charge is 0.405 e. The van der Waals surface area contributed by atoms with Crippen molar-refractivity contribution in [3.05, 3.63) is 59.9 Å². The second-order valence-electron chi connectivity index (χ2n) is 7.84. The summed E-state index contributed by atoms with van der Waals surface area (Å²) in [4.78, 5) is 5.99. The van der Waals surface area contributed by atoms with Crippen LogP contribution in [0.3, 0.4) is 0 Å². The molecule has 0 aliphatic heterocycles. The smallest absolute Gasteiger partial charge is 0.326 e. The maximum atomic E-state index is 14.9. The Kier molecular flexibility index (Phi) is 4.74. The number of halogens is 5. The van der Waals surface area contributed by atoms with Crippen LogP contribution in [-0.2, 0) is 0 Å². The molecule has 10 heteroatoms. The highest BCUT2D eigenvalue weighted by Gasteiger charge is 2.62. The third-order valence-electron chi connectivity index (χ3n) is 5.72. The van der Waals surface area contributed by atoms with Crippen molar-refractivity contribution in [3.8, 4) is 11.8 Å². The van der Waals surface area contributed by atoms with E-state index in [9.17, 15) is 22.0 Å². The van der Waals surface area contributed by atoms with Crippen molar-refractivity contribution in [1.82, 2.24) is 19.6 Å². The van der Waals surface area contributed by atoms with E-state index in [0.717, 1.165) is 6.07 Å². The summed E-state index contributed by atoms with van der Waals surface area (Å²) in [5.41, 5.74) is -1.19. The van der Waals surface area contributed by atoms with Crippen LogP contribution in [-0.4, -0.2) is 32.3 Å². The summed E-state index contributed by atoms with van der Waals surface area (Å²) in [5.74, 6) is 3.95. The average molecular weight is 457 g/mol. The van der Waals surface area contributed by atoms with E-state index in [1.54, 1.807) is 24.0 Å². The minimum atomic E-state index is -4.43. The first-order valence-corrected chi connectivity index (χ1v) is 10.2. The Labute approximate surface area is 184 Å². The molecule has 1 aliphatic rings. The second kappa shape index (κ2) is 7.40. The van der Waals surface area contributed by atoms with Crippen molar-refractivity contribution < 1.29 is 22.0 Å². The van der Waals surface area contributed by atoms with E-state index in [0.29, 0.717) is 5.52 Å². The quantitative estimate of drug-likeness (QED) is 0.305. The lowest BCUT2D eigenvalue weighted by Gasteiger charge is -2.24. The van der Waals surface area contributed by atoms with E-state index in [1.807, 2.05) is 0 Å². The maximum Gasteiger partial charge on any atom is 0.405 e. The fourth-order valence-corrected chi connectivity index (χ4v) is 3.81. The highest BCUT2D eigenvalue weighted by Crippen LogP contribution is 2.57. The van der Waals surface area contributed by atoms with Gasteiger partial charge in [-0.3, -0.25) is 4.40 Å². The molecule has 2 aromatic heterocycles. The zero-order valence-electron chi connectivity index (χ0n) is 17.3. The number of rotatable bonds is 3. The van der Waals surface area contributed by atoms with Gasteiger partial charge in [0.1, 0.15) is 29.2 Å². The molecule has 4 aromatic rings. The average Bonchev–Trinajstić information content (AvgIpc) is 3.42. The van der Waals surface area contributed by atoms with Gasteiger partial charge in [-0.25, -0.2) is 8.78 Å². The predicted octanol–water partition coefficient (Wildman–Crippen LogP) is 5.41. The van der Waals surface area contributed by atoms with Crippen LogP contribution in [0, 0.1) is 28.9 Å². The number of nitrogens with zero attached hydrogens (tertiary/aromatic N) is 5. The highest BCUT2D eigenvalue weighted by atomic mass is 19.4. The van der Waals surface area contributed by atoms with Gasteiger partial charge in [-0.05, 0) is 50.1 Å². The fourth-order valence-electron chi connectivity index (χ4n) is 3.81. The summed E-state index contributed by atoms with van der Waals surface area (Å²) in [6.07, 6.45) is -3.16. The van der Waals surface area contributed by atoms with Crippen LogP contribution in [0.1, 0.15) is 25.3 Å². The van der Waals surface area contributed by atoms with Gasteiger partial charge in [0.2, 0.25) is 0 Å². The van der Waals surface area contributed by atoms with Gasteiger partial charge < -0.3 is 4.90 Å². The summed E-state index contributed by atoms with van der Waals surface area (Å²) in [7, 11) is 0. The van der Waals surface area contributed by atoms with Crippen LogP contribution < -0.4 is 4.90 Å². The zero-order chi connectivity index (χ0) is 23.4. The second-order valence-corrected chi connectivity index (χ2v) is 7.84. The molecular formula is C23H16F5N5. The Morgan fingerprint density at radius 3 is 2.64 bits per heavy atom. The van der Waals surface area contributed by atoms with Crippen molar-refractivity contribution in [3.63, 3.8) is 0 Å². The van der Waals surface area contributed by atoms with Crippen LogP contribution >= 0.6 is 0 Å². The zero-order valence-corrected chi connectivity index (χ0v) is 17.3. The first kappa shape index (κ1) is 21.1. The van der Waals surface area contributed by atoms with E-state index in [4.69, 9.17) is 0 Å². The molecule has 33 heavy (non-hydrogen) atoms. The molecule has 0 unspecified atom stereocenters. The van der Waals surface area contributed by atoms with E-state index in [-0.39, 0.29) is 47.6 Å². The Bertz CT molecular complexity index is 1440. The Morgan fingerprint density at radius 1 is 1.15 bits per heavy atom. The van der Waals surface area contributed by atoms with Crippen molar-refractivity contribution in [2.45, 2.75) is 25.9 Å². The molecule has 5 rings (SSSR count). The minimum absolute atomic E-state index is 0.0691. The van der Waals surface area contributed by atoms with Crippen molar-refractivity contribution in [1.29, 1.82) is 0 Å². The van der Waals surface area contributed by atoms with Gasteiger partial charge >= 0.3 is 6.18 Å². The van der Waals surface area contributed by atoms with E-state index in [1.165, 1.54) is 28.9 Å². The monoisotopic (exact) mass is 457 g/mol. The molecular weight excluding hydrogens is 441 g/mol. The van der Waals surface area contributed by atoms with Gasteiger partial charge in [0.05, 0.1) is 10.9 Å². The lowest BCUT2D eigenvalue weighted by molar-refractivity contribution is -0.168. The predicted molar refractivity (Wildman–Crippen MR) is 112 cm³/mol. The first-order chi connectivity index (χ1) is 15.7.